The predicted molar refractivity (Wildman–Crippen MR) is 93.0 cm³/mol. The Morgan fingerprint density at radius 3 is 2.68 bits per heavy atom. The molecule has 0 fully saturated rings. The topological polar surface area (TPSA) is 99.3 Å². The van der Waals surface area contributed by atoms with Crippen molar-refractivity contribution in [1.82, 2.24) is 15.1 Å². The molecule has 8 nitrogen and oxygen atoms in total. The van der Waals surface area contributed by atoms with Gasteiger partial charge in [0, 0.05) is 30.9 Å². The normalized spacial score (nSPS) is 10.6. The van der Waals surface area contributed by atoms with Crippen LogP contribution in [0.5, 0.6) is 5.75 Å². The van der Waals surface area contributed by atoms with Crippen molar-refractivity contribution in [3.63, 3.8) is 0 Å². The second kappa shape index (κ2) is 7.78. The van der Waals surface area contributed by atoms with E-state index < -0.39 is 4.92 Å². The molecule has 1 amide bonds. The molecule has 134 valence electrons. The average molecular weight is 346 g/mol. The van der Waals surface area contributed by atoms with Gasteiger partial charge in [-0.25, -0.2) is 0 Å². The molecular weight excluding hydrogens is 324 g/mol. The van der Waals surface area contributed by atoms with E-state index in [0.717, 1.165) is 17.0 Å². The molecular formula is C17H22N4O4. The van der Waals surface area contributed by atoms with Crippen LogP contribution >= 0.6 is 0 Å². The quantitative estimate of drug-likeness (QED) is 0.612. The maximum absolute atomic E-state index is 12.3. The minimum atomic E-state index is -0.551. The van der Waals surface area contributed by atoms with Crippen LogP contribution in [-0.2, 0) is 13.5 Å². The van der Waals surface area contributed by atoms with E-state index in [2.05, 4.69) is 10.4 Å². The van der Waals surface area contributed by atoms with Crippen LogP contribution in [-0.4, -0.2) is 33.8 Å². The standard InChI is InChI=1S/C17H22N4O4/c1-5-25-16-7-6-13(10-15(16)21(23)24)17(22)18-9-8-14-11(2)19-20(4)12(14)3/h6-7,10H,5,8-9H2,1-4H3,(H,18,22). The molecule has 0 radical (unpaired) electrons. The summed E-state index contributed by atoms with van der Waals surface area (Å²) in [5, 5.41) is 18.3. The second-order valence-electron chi connectivity index (χ2n) is 5.65. The summed E-state index contributed by atoms with van der Waals surface area (Å²) in [5.74, 6) is -0.198. The highest BCUT2D eigenvalue weighted by Crippen LogP contribution is 2.27. The molecule has 0 atom stereocenters. The number of nitro groups is 1. The number of hydrogen-bond acceptors (Lipinski definition) is 5. The van der Waals surface area contributed by atoms with E-state index in [1.54, 1.807) is 6.92 Å². The Kier molecular flexibility index (Phi) is 5.74. The molecule has 0 aliphatic rings. The molecule has 1 aromatic heterocycles. The zero-order valence-electron chi connectivity index (χ0n) is 14.8. The molecule has 0 aliphatic carbocycles. The highest BCUT2D eigenvalue weighted by Gasteiger charge is 2.18. The number of carbonyl (C=O) groups is 1. The first-order valence-corrected chi connectivity index (χ1v) is 8.03. The fourth-order valence-corrected chi connectivity index (χ4v) is 2.66. The smallest absolute Gasteiger partial charge is 0.311 e. The second-order valence-corrected chi connectivity index (χ2v) is 5.65. The average Bonchev–Trinajstić information content (AvgIpc) is 2.81. The van der Waals surface area contributed by atoms with Gasteiger partial charge in [0.15, 0.2) is 5.75 Å². The van der Waals surface area contributed by atoms with E-state index in [1.807, 2.05) is 25.6 Å². The van der Waals surface area contributed by atoms with Gasteiger partial charge in [-0.05, 0) is 44.9 Å². The first kappa shape index (κ1) is 18.4. The van der Waals surface area contributed by atoms with Crippen molar-refractivity contribution < 1.29 is 14.5 Å². The molecule has 25 heavy (non-hydrogen) atoms. The van der Waals surface area contributed by atoms with Crippen molar-refractivity contribution in [1.29, 1.82) is 0 Å². The number of benzene rings is 1. The number of nitrogens with zero attached hydrogens (tertiary/aromatic N) is 3. The monoisotopic (exact) mass is 346 g/mol. The van der Waals surface area contributed by atoms with Crippen LogP contribution in [0.1, 0.15) is 34.2 Å². The Bertz CT molecular complexity index is 798. The summed E-state index contributed by atoms with van der Waals surface area (Å²) in [4.78, 5) is 22.8. The zero-order valence-corrected chi connectivity index (χ0v) is 14.8. The van der Waals surface area contributed by atoms with Crippen molar-refractivity contribution in [2.24, 2.45) is 7.05 Å². The summed E-state index contributed by atoms with van der Waals surface area (Å²) in [5.41, 5.74) is 3.11. The van der Waals surface area contributed by atoms with Crippen LogP contribution in [0.2, 0.25) is 0 Å². The van der Waals surface area contributed by atoms with Crippen LogP contribution in [0.15, 0.2) is 18.2 Å². The van der Waals surface area contributed by atoms with Crippen molar-refractivity contribution in [3.05, 3.63) is 50.8 Å². The number of aryl methyl sites for hydroxylation is 2. The third-order valence-corrected chi connectivity index (χ3v) is 4.04. The molecule has 0 saturated heterocycles. The van der Waals surface area contributed by atoms with Crippen LogP contribution < -0.4 is 10.1 Å². The van der Waals surface area contributed by atoms with Gasteiger partial charge in [0.2, 0.25) is 0 Å². The summed E-state index contributed by atoms with van der Waals surface area (Å²) in [6.45, 7) is 6.39. The highest BCUT2D eigenvalue weighted by molar-refractivity contribution is 5.95. The third kappa shape index (κ3) is 4.14. The van der Waals surface area contributed by atoms with Crippen LogP contribution in [0.25, 0.3) is 0 Å². The minimum Gasteiger partial charge on any atom is -0.487 e. The molecule has 0 unspecified atom stereocenters. The van der Waals surface area contributed by atoms with E-state index in [0.29, 0.717) is 19.6 Å². The molecule has 0 spiro atoms. The number of hydrogen-bond donors (Lipinski definition) is 1. The molecule has 2 aromatic rings. The summed E-state index contributed by atoms with van der Waals surface area (Å²) >= 11 is 0. The molecule has 1 heterocycles. The third-order valence-electron chi connectivity index (χ3n) is 4.04. The van der Waals surface area contributed by atoms with Crippen molar-refractivity contribution in [3.8, 4) is 5.75 Å². The maximum Gasteiger partial charge on any atom is 0.311 e. The van der Waals surface area contributed by atoms with Crippen molar-refractivity contribution in [2.75, 3.05) is 13.2 Å². The molecule has 1 N–H and O–H groups in total. The molecule has 0 bridgehead atoms. The summed E-state index contributed by atoms with van der Waals surface area (Å²) in [6.07, 6.45) is 0.649. The lowest BCUT2D eigenvalue weighted by atomic mass is 10.1. The molecule has 2 rings (SSSR count). The van der Waals surface area contributed by atoms with Crippen LogP contribution in [0.3, 0.4) is 0 Å². The number of ether oxygens (including phenoxy) is 1. The lowest BCUT2D eigenvalue weighted by molar-refractivity contribution is -0.385. The number of aromatic nitrogens is 2. The summed E-state index contributed by atoms with van der Waals surface area (Å²) in [7, 11) is 1.88. The van der Waals surface area contributed by atoms with Gasteiger partial charge in [0.1, 0.15) is 0 Å². The number of carbonyl (C=O) groups excluding carboxylic acids is 1. The minimum absolute atomic E-state index is 0.158. The first-order chi connectivity index (χ1) is 11.8. The largest absolute Gasteiger partial charge is 0.487 e. The molecule has 8 heteroatoms. The van der Waals surface area contributed by atoms with Gasteiger partial charge in [-0.2, -0.15) is 5.10 Å². The van der Waals surface area contributed by atoms with Gasteiger partial charge in [0.05, 0.1) is 17.2 Å². The first-order valence-electron chi connectivity index (χ1n) is 8.03. The summed E-state index contributed by atoms with van der Waals surface area (Å²) in [6, 6.07) is 4.21. The number of nitro benzene ring substituents is 1. The van der Waals surface area contributed by atoms with E-state index in [4.69, 9.17) is 4.74 Å². The van der Waals surface area contributed by atoms with Crippen molar-refractivity contribution >= 4 is 11.6 Å². The van der Waals surface area contributed by atoms with E-state index in [9.17, 15) is 14.9 Å². The highest BCUT2D eigenvalue weighted by atomic mass is 16.6. The number of rotatable bonds is 7. The van der Waals surface area contributed by atoms with Gasteiger partial charge in [0.25, 0.3) is 5.91 Å². The Hall–Kier alpha value is -2.90. The molecule has 1 aromatic carbocycles. The van der Waals surface area contributed by atoms with Gasteiger partial charge in [-0.3, -0.25) is 19.6 Å². The van der Waals surface area contributed by atoms with Crippen LogP contribution in [0, 0.1) is 24.0 Å². The molecule has 0 saturated carbocycles. The maximum atomic E-state index is 12.3. The fourth-order valence-electron chi connectivity index (χ4n) is 2.66. The number of amides is 1. The SMILES string of the molecule is CCOc1ccc(C(=O)NCCc2c(C)nn(C)c2C)cc1[N+](=O)[O-]. The van der Waals surface area contributed by atoms with Gasteiger partial charge in [-0.1, -0.05) is 0 Å². The Morgan fingerprint density at radius 1 is 1.40 bits per heavy atom. The Balaban J connectivity index is 2.05. The Morgan fingerprint density at radius 2 is 2.12 bits per heavy atom. The van der Waals surface area contributed by atoms with E-state index >= 15 is 0 Å². The number of nitrogens with one attached hydrogen (secondary N) is 1. The van der Waals surface area contributed by atoms with Crippen LogP contribution in [0.4, 0.5) is 5.69 Å². The van der Waals surface area contributed by atoms with E-state index in [-0.39, 0.29) is 22.9 Å². The summed E-state index contributed by atoms with van der Waals surface area (Å²) < 4.78 is 7.03. The van der Waals surface area contributed by atoms with Gasteiger partial charge in [-0.15, -0.1) is 0 Å². The van der Waals surface area contributed by atoms with E-state index in [1.165, 1.54) is 18.2 Å². The predicted octanol–water partition coefficient (Wildman–Crippen LogP) is 2.32. The molecule has 0 aliphatic heterocycles. The lowest BCUT2D eigenvalue weighted by Gasteiger charge is -2.08. The van der Waals surface area contributed by atoms with Crippen molar-refractivity contribution in [2.45, 2.75) is 27.2 Å². The lowest BCUT2D eigenvalue weighted by Crippen LogP contribution is -2.26. The van der Waals surface area contributed by atoms with Gasteiger partial charge < -0.3 is 10.1 Å². The Labute approximate surface area is 145 Å². The fraction of sp³-hybridized carbons (Fsp3) is 0.412. The zero-order chi connectivity index (χ0) is 18.6. The van der Waals surface area contributed by atoms with Gasteiger partial charge >= 0.3 is 5.69 Å².